The van der Waals surface area contributed by atoms with Crippen LogP contribution in [0.5, 0.6) is 5.88 Å². The van der Waals surface area contributed by atoms with Crippen molar-refractivity contribution in [1.82, 2.24) is 39.0 Å². The molecule has 0 unspecified atom stereocenters. The molecule has 10 N–H and O–H groups in total. The average molecular weight is 578 g/mol. The summed E-state index contributed by atoms with van der Waals surface area (Å²) in [5, 5.41) is 16.8. The Balaban J connectivity index is 0.000000211. The van der Waals surface area contributed by atoms with Crippen molar-refractivity contribution in [2.45, 2.75) is 13.1 Å². The molecule has 0 amide bonds. The number of hydrogen-bond acceptors (Lipinski definition) is 12. The Morgan fingerprint density at radius 2 is 1.47 bits per heavy atom. The highest BCUT2D eigenvalue weighted by Gasteiger charge is 2.14. The van der Waals surface area contributed by atoms with Gasteiger partial charge in [0.15, 0.2) is 16.7 Å². The standard InChI is InChI=1S/2C8H12N5O5P/c2*9-8-11-6-5(7(14)12-8)10-3-13(6)1-2-18-4-19(15,16)17/h2*3H,1-2,4H2,(H2,15,16,17)(H3,9,11,12,14). The van der Waals surface area contributed by atoms with Crippen LogP contribution in [0.2, 0.25) is 0 Å². The number of nitrogens with zero attached hydrogens (tertiary/aromatic N) is 6. The van der Waals surface area contributed by atoms with Crippen LogP contribution in [-0.2, 0) is 31.7 Å². The first kappa shape index (κ1) is 29.1. The number of fused-ring (bicyclic) bond motifs is 2. The van der Waals surface area contributed by atoms with Crippen molar-refractivity contribution < 1.29 is 43.3 Å². The Labute approximate surface area is 211 Å². The molecule has 0 aliphatic heterocycles. The van der Waals surface area contributed by atoms with Crippen molar-refractivity contribution >= 4 is 43.5 Å². The van der Waals surface area contributed by atoms with E-state index in [2.05, 4.69) is 29.9 Å². The van der Waals surface area contributed by atoms with Gasteiger partial charge in [-0.1, -0.05) is 0 Å². The Kier molecular flexibility index (Phi) is 9.13. The largest absolute Gasteiger partial charge is 0.492 e. The summed E-state index contributed by atoms with van der Waals surface area (Å²) in [5.74, 6) is -0.385. The van der Waals surface area contributed by atoms with Gasteiger partial charge in [0.25, 0.3) is 5.56 Å². The van der Waals surface area contributed by atoms with Gasteiger partial charge in [-0.3, -0.25) is 24.3 Å². The van der Waals surface area contributed by atoms with Crippen molar-refractivity contribution in [3.63, 3.8) is 0 Å². The first-order chi connectivity index (χ1) is 17.7. The fourth-order valence-electron chi connectivity index (χ4n) is 2.97. The third kappa shape index (κ3) is 8.27. The maximum absolute atomic E-state index is 11.5. The van der Waals surface area contributed by atoms with Gasteiger partial charge in [0.05, 0.1) is 25.9 Å². The Morgan fingerprint density at radius 1 is 0.921 bits per heavy atom. The van der Waals surface area contributed by atoms with Gasteiger partial charge in [-0.15, -0.1) is 0 Å². The SMILES string of the molecule is N=c1nc(O)c2ncn(CCOCP(=O)(O)O)c2[nH]1.Nc1nc2c(ncn2CCOCP(=O)(O)O)c(=O)[nH]1. The lowest BCUT2D eigenvalue weighted by atomic mass is 10.5. The molecule has 0 radical (unpaired) electrons. The highest BCUT2D eigenvalue weighted by atomic mass is 31.2. The molecule has 4 aromatic rings. The molecule has 4 rings (SSSR count). The van der Waals surface area contributed by atoms with Crippen molar-refractivity contribution in [1.29, 1.82) is 5.41 Å². The molecule has 20 nitrogen and oxygen atoms in total. The van der Waals surface area contributed by atoms with Gasteiger partial charge in [-0.05, 0) is 0 Å². The zero-order valence-corrected chi connectivity index (χ0v) is 21.1. The highest BCUT2D eigenvalue weighted by molar-refractivity contribution is 7.51. The lowest BCUT2D eigenvalue weighted by Gasteiger charge is -2.07. The van der Waals surface area contributed by atoms with E-state index in [4.69, 9.17) is 40.2 Å². The van der Waals surface area contributed by atoms with Crippen LogP contribution >= 0.6 is 15.2 Å². The number of nitrogen functional groups attached to an aromatic ring is 1. The van der Waals surface area contributed by atoms with Crippen LogP contribution in [0.15, 0.2) is 17.4 Å². The molecule has 0 spiro atoms. The van der Waals surface area contributed by atoms with Gasteiger partial charge < -0.3 is 54.0 Å². The number of rotatable bonds is 10. The van der Waals surface area contributed by atoms with Crippen LogP contribution in [0.3, 0.4) is 0 Å². The second kappa shape index (κ2) is 11.9. The zero-order chi connectivity index (χ0) is 28.1. The van der Waals surface area contributed by atoms with Crippen LogP contribution in [-0.4, -0.2) is 89.6 Å². The number of aromatic amines is 2. The van der Waals surface area contributed by atoms with Crippen molar-refractivity contribution in [2.75, 3.05) is 31.6 Å². The molecule has 0 aliphatic rings. The predicted octanol–water partition coefficient (Wildman–Crippen LogP) is -2.05. The van der Waals surface area contributed by atoms with Crippen molar-refractivity contribution in [3.8, 4) is 5.88 Å². The smallest absolute Gasteiger partial charge is 0.350 e. The second-order valence-electron chi connectivity index (χ2n) is 7.51. The number of ether oxygens (including phenoxy) is 2. The van der Waals surface area contributed by atoms with Crippen LogP contribution in [0.4, 0.5) is 5.95 Å². The van der Waals surface area contributed by atoms with E-state index >= 15 is 0 Å². The van der Waals surface area contributed by atoms with E-state index in [0.717, 1.165) is 0 Å². The summed E-state index contributed by atoms with van der Waals surface area (Å²) in [7, 11) is -8.34. The number of nitrogens with two attached hydrogens (primary N) is 1. The molecule has 0 bridgehead atoms. The number of H-pyrrole nitrogens is 2. The quantitative estimate of drug-likeness (QED) is 0.0722. The first-order valence-electron chi connectivity index (χ1n) is 10.4. The Hall–Kier alpha value is -3.48. The number of aromatic nitrogens is 8. The summed E-state index contributed by atoms with van der Waals surface area (Å²) in [6.45, 7) is 0.605. The Morgan fingerprint density at radius 3 is 2.08 bits per heavy atom. The minimum atomic E-state index is -4.17. The highest BCUT2D eigenvalue weighted by Crippen LogP contribution is 2.34. The first-order valence-corrected chi connectivity index (χ1v) is 14.0. The maximum Gasteiger partial charge on any atom is 0.350 e. The lowest BCUT2D eigenvalue weighted by Crippen LogP contribution is -2.13. The molecule has 0 aromatic carbocycles. The summed E-state index contributed by atoms with van der Waals surface area (Å²) < 4.78 is 33.9. The molecule has 0 saturated carbocycles. The van der Waals surface area contributed by atoms with Gasteiger partial charge in [0.2, 0.25) is 17.4 Å². The number of anilines is 1. The normalized spacial score (nSPS) is 12.1. The van der Waals surface area contributed by atoms with E-state index in [0.29, 0.717) is 11.3 Å². The summed E-state index contributed by atoms with van der Waals surface area (Å²) >= 11 is 0. The molecule has 4 heterocycles. The van der Waals surface area contributed by atoms with E-state index in [9.17, 15) is 19.0 Å². The number of aromatic hydroxyl groups is 1. The monoisotopic (exact) mass is 578 g/mol. The third-order valence-electron chi connectivity index (χ3n) is 4.47. The summed E-state index contributed by atoms with van der Waals surface area (Å²) in [5.41, 5.74) is 5.79. The molecule has 0 saturated heterocycles. The summed E-state index contributed by atoms with van der Waals surface area (Å²) in [6.07, 6.45) is 1.48. The van der Waals surface area contributed by atoms with E-state index in [-0.39, 0.29) is 54.8 Å². The van der Waals surface area contributed by atoms with Gasteiger partial charge >= 0.3 is 15.2 Å². The van der Waals surface area contributed by atoms with Crippen LogP contribution in [0, 0.1) is 5.41 Å². The number of hydrogen-bond donors (Lipinski definition) is 9. The predicted molar refractivity (Wildman–Crippen MR) is 128 cm³/mol. The zero-order valence-electron chi connectivity index (χ0n) is 19.3. The molecule has 208 valence electrons. The molecule has 4 aromatic heterocycles. The van der Waals surface area contributed by atoms with E-state index in [1.165, 1.54) is 17.2 Å². The summed E-state index contributed by atoms with van der Waals surface area (Å²) in [4.78, 5) is 66.1. The minimum absolute atomic E-state index is 0.0321. The third-order valence-corrected chi connectivity index (χ3v) is 5.51. The fourth-order valence-corrected chi connectivity index (χ4v) is 3.71. The maximum atomic E-state index is 11.5. The van der Waals surface area contributed by atoms with Crippen molar-refractivity contribution in [3.05, 3.63) is 28.6 Å². The molecule has 0 atom stereocenters. The van der Waals surface area contributed by atoms with Gasteiger partial charge in [-0.2, -0.15) is 9.97 Å². The van der Waals surface area contributed by atoms with E-state index in [1.807, 2.05) is 0 Å². The molecular formula is C16H24N10O10P2. The summed E-state index contributed by atoms with van der Waals surface area (Å²) in [6, 6.07) is 0. The fraction of sp³-hybridized carbons (Fsp3) is 0.375. The average Bonchev–Trinajstić information content (AvgIpc) is 3.38. The Bertz CT molecular complexity index is 1590. The van der Waals surface area contributed by atoms with Crippen molar-refractivity contribution in [2.24, 2.45) is 0 Å². The van der Waals surface area contributed by atoms with Gasteiger partial charge in [-0.25, -0.2) is 9.97 Å². The lowest BCUT2D eigenvalue weighted by molar-refractivity contribution is 0.149. The van der Waals surface area contributed by atoms with Crippen LogP contribution in [0.1, 0.15) is 0 Å². The molecule has 22 heteroatoms. The topological polar surface area (TPSA) is 314 Å². The number of nitrogens with one attached hydrogen (secondary N) is 3. The number of imidazole rings is 2. The van der Waals surface area contributed by atoms with Gasteiger partial charge in [0, 0.05) is 13.1 Å². The molecule has 0 aliphatic carbocycles. The van der Waals surface area contributed by atoms with E-state index < -0.39 is 33.4 Å². The second-order valence-corrected chi connectivity index (χ2v) is 10.7. The van der Waals surface area contributed by atoms with Gasteiger partial charge in [0.1, 0.15) is 18.3 Å². The van der Waals surface area contributed by atoms with E-state index in [1.54, 1.807) is 4.57 Å². The molecule has 38 heavy (non-hydrogen) atoms. The molecule has 0 fully saturated rings. The van der Waals surface area contributed by atoms with Crippen LogP contribution < -0.4 is 16.9 Å². The molecular weight excluding hydrogens is 554 g/mol. The van der Waals surface area contributed by atoms with Crippen LogP contribution in [0.25, 0.3) is 22.3 Å². The minimum Gasteiger partial charge on any atom is -0.492 e.